The molecule has 0 spiro atoms. The van der Waals surface area contributed by atoms with Crippen LogP contribution in [0.15, 0.2) is 35.2 Å². The fourth-order valence-corrected chi connectivity index (χ4v) is 8.40. The maximum absolute atomic E-state index is 12.9. The van der Waals surface area contributed by atoms with Gasteiger partial charge in [-0.3, -0.25) is 4.90 Å². The number of benzene rings is 2. The molecule has 1 aromatic heterocycles. The molecule has 0 radical (unpaired) electrons. The number of nitrogens with one attached hydrogen (secondary N) is 1. The van der Waals surface area contributed by atoms with Gasteiger partial charge in [-0.05, 0) is 61.3 Å². The van der Waals surface area contributed by atoms with Gasteiger partial charge in [-0.2, -0.15) is 0 Å². The molecular formula is C28H32N2O4S. The number of aromatic nitrogens is 1. The van der Waals surface area contributed by atoms with Crippen molar-refractivity contribution in [3.8, 4) is 11.5 Å². The minimum Gasteiger partial charge on any atom is -0.504 e. The van der Waals surface area contributed by atoms with Crippen molar-refractivity contribution in [1.29, 1.82) is 0 Å². The van der Waals surface area contributed by atoms with Crippen LogP contribution in [0.3, 0.4) is 0 Å². The molecule has 2 heterocycles. The Hall–Kier alpha value is -2.19. The average molecular weight is 493 g/mol. The third-order valence-electron chi connectivity index (χ3n) is 9.36. The highest BCUT2D eigenvalue weighted by Gasteiger charge is 2.71. The van der Waals surface area contributed by atoms with E-state index in [0.29, 0.717) is 18.8 Å². The molecule has 1 aliphatic heterocycles. The predicted molar refractivity (Wildman–Crippen MR) is 136 cm³/mol. The summed E-state index contributed by atoms with van der Waals surface area (Å²) in [4.78, 5) is 7.21. The first-order chi connectivity index (χ1) is 16.9. The molecule has 1 saturated heterocycles. The minimum absolute atomic E-state index is 0.0684. The van der Waals surface area contributed by atoms with Crippen molar-refractivity contribution in [3.05, 3.63) is 52.7 Å². The molecule has 3 aromatic rings. The first kappa shape index (κ1) is 22.0. The number of fused-ring (bicyclic) bond motifs is 6. The normalized spacial score (nSPS) is 31.7. The number of aliphatic hydroxyl groups is 1. The lowest BCUT2D eigenvalue weighted by molar-refractivity contribution is -0.118. The summed E-state index contributed by atoms with van der Waals surface area (Å²) >= 11 is 1.34. The second-order valence-electron chi connectivity index (χ2n) is 11.3. The SMILES string of the molecule is COSc1cccc2c3c([nH]c12)CC1(c2c(C)ccc(O)c2O)CC2CN(CC4CC4)[C@H]2C1(O)C3. The van der Waals surface area contributed by atoms with Gasteiger partial charge in [-0.25, -0.2) is 0 Å². The molecule has 6 nitrogen and oxygen atoms in total. The molecule has 2 aromatic carbocycles. The molecule has 3 aliphatic carbocycles. The maximum atomic E-state index is 12.9. The van der Waals surface area contributed by atoms with E-state index in [2.05, 4.69) is 22.0 Å². The highest BCUT2D eigenvalue weighted by molar-refractivity contribution is 7.94. The molecule has 0 bridgehead atoms. The number of H-pyrrole nitrogens is 1. The Balaban J connectivity index is 1.43. The number of para-hydroxylation sites is 1. The first-order valence-electron chi connectivity index (χ1n) is 12.7. The van der Waals surface area contributed by atoms with E-state index in [4.69, 9.17) is 4.18 Å². The second kappa shape index (κ2) is 7.42. The molecule has 184 valence electrons. The van der Waals surface area contributed by atoms with E-state index in [1.165, 1.54) is 30.4 Å². The van der Waals surface area contributed by atoms with E-state index in [9.17, 15) is 15.3 Å². The van der Waals surface area contributed by atoms with Gasteiger partial charge in [-0.1, -0.05) is 18.2 Å². The Morgan fingerprint density at radius 3 is 2.77 bits per heavy atom. The van der Waals surface area contributed by atoms with Gasteiger partial charge in [-0.15, -0.1) is 0 Å². The molecule has 0 amide bonds. The highest BCUT2D eigenvalue weighted by Crippen LogP contribution is 2.64. The van der Waals surface area contributed by atoms with E-state index in [1.807, 2.05) is 19.1 Å². The van der Waals surface area contributed by atoms with Crippen molar-refractivity contribution in [2.75, 3.05) is 20.2 Å². The number of rotatable bonds is 5. The van der Waals surface area contributed by atoms with Crippen molar-refractivity contribution in [2.24, 2.45) is 11.8 Å². The van der Waals surface area contributed by atoms with E-state index >= 15 is 0 Å². The van der Waals surface area contributed by atoms with E-state index in [0.717, 1.165) is 58.0 Å². The summed E-state index contributed by atoms with van der Waals surface area (Å²) in [5.74, 6) is 0.951. The van der Waals surface area contributed by atoms with Crippen LogP contribution in [0.25, 0.3) is 10.9 Å². The predicted octanol–water partition coefficient (Wildman–Crippen LogP) is 4.42. The fraction of sp³-hybridized carbons (Fsp3) is 0.500. The molecule has 3 unspecified atom stereocenters. The molecule has 7 rings (SSSR count). The van der Waals surface area contributed by atoms with Gasteiger partial charge < -0.3 is 24.5 Å². The van der Waals surface area contributed by atoms with Crippen LogP contribution in [-0.4, -0.2) is 57.0 Å². The lowest BCUT2D eigenvalue weighted by atomic mass is 9.59. The van der Waals surface area contributed by atoms with E-state index in [1.54, 1.807) is 13.2 Å². The molecule has 4 aliphatic rings. The number of aromatic amines is 1. The number of aromatic hydroxyl groups is 2. The van der Waals surface area contributed by atoms with Crippen molar-refractivity contribution in [2.45, 2.75) is 61.0 Å². The molecular weight excluding hydrogens is 460 g/mol. The van der Waals surface area contributed by atoms with Gasteiger partial charge in [0, 0.05) is 66.1 Å². The molecule has 35 heavy (non-hydrogen) atoms. The van der Waals surface area contributed by atoms with Crippen LogP contribution in [0.1, 0.15) is 41.6 Å². The first-order valence-corrected chi connectivity index (χ1v) is 13.4. The van der Waals surface area contributed by atoms with Crippen LogP contribution in [-0.2, 0) is 22.4 Å². The third kappa shape index (κ3) is 2.90. The van der Waals surface area contributed by atoms with Crippen molar-refractivity contribution in [1.82, 2.24) is 9.88 Å². The molecule has 2 saturated carbocycles. The summed E-state index contributed by atoms with van der Waals surface area (Å²) in [5, 5.41) is 35.7. The zero-order valence-corrected chi connectivity index (χ0v) is 21.0. The van der Waals surface area contributed by atoms with Crippen molar-refractivity contribution >= 4 is 22.9 Å². The lowest BCUT2D eigenvalue weighted by Crippen LogP contribution is -2.68. The number of likely N-dealkylation sites (tertiary alicyclic amines) is 1. The zero-order chi connectivity index (χ0) is 24.1. The smallest absolute Gasteiger partial charge is 0.161 e. The van der Waals surface area contributed by atoms with Crippen molar-refractivity contribution in [3.63, 3.8) is 0 Å². The lowest BCUT2D eigenvalue weighted by Gasteiger charge is -2.54. The summed E-state index contributed by atoms with van der Waals surface area (Å²) in [6.07, 6.45) is 4.52. The molecule has 4 N–H and O–H groups in total. The number of hydrogen-bond acceptors (Lipinski definition) is 6. The van der Waals surface area contributed by atoms with Gasteiger partial charge in [0.25, 0.3) is 0 Å². The standard InChI is InChI=1S/C28H32N2O4S/c1-15-6-9-21(31)25(32)23(15)27-10-17-14-30(13-16-7-8-16)26(17)28(27,33)11-19-18-4-3-5-22(35-34-2)24(18)29-20(19)12-27/h3-6,9,16-17,26,29,31-33H,7-8,10-14H2,1-2H3/t17?,26-,27?,28?/m1/s1. The number of phenolic OH excluding ortho intramolecular Hbond substituents is 2. The Bertz CT molecular complexity index is 1350. The van der Waals surface area contributed by atoms with E-state index < -0.39 is 11.0 Å². The minimum atomic E-state index is -1.03. The van der Waals surface area contributed by atoms with Crippen LogP contribution in [0.5, 0.6) is 11.5 Å². The van der Waals surface area contributed by atoms with Gasteiger partial charge in [0.1, 0.15) is 0 Å². The fourth-order valence-electron chi connectivity index (χ4n) is 7.85. The average Bonchev–Trinajstić information content (AvgIpc) is 3.52. The number of hydrogen-bond donors (Lipinski definition) is 4. The quantitative estimate of drug-likeness (QED) is 0.311. The Kier molecular flexibility index (Phi) is 4.67. The van der Waals surface area contributed by atoms with E-state index in [-0.39, 0.29) is 17.5 Å². The maximum Gasteiger partial charge on any atom is 0.161 e. The highest BCUT2D eigenvalue weighted by atomic mass is 32.2. The van der Waals surface area contributed by atoms with Gasteiger partial charge in [0.2, 0.25) is 0 Å². The van der Waals surface area contributed by atoms with Crippen LogP contribution < -0.4 is 0 Å². The van der Waals surface area contributed by atoms with Gasteiger partial charge in [0.15, 0.2) is 11.5 Å². The second-order valence-corrected chi connectivity index (χ2v) is 12.2. The summed E-state index contributed by atoms with van der Waals surface area (Å²) in [5.41, 5.74) is 3.27. The Labute approximate surface area is 209 Å². The van der Waals surface area contributed by atoms with Crippen LogP contribution >= 0.6 is 12.0 Å². The largest absolute Gasteiger partial charge is 0.504 e. The van der Waals surface area contributed by atoms with Crippen LogP contribution in [0.2, 0.25) is 0 Å². The summed E-state index contributed by atoms with van der Waals surface area (Å²) in [6, 6.07) is 9.73. The number of nitrogens with zero attached hydrogens (tertiary/aromatic N) is 1. The third-order valence-corrected chi connectivity index (χ3v) is 10.0. The number of phenols is 2. The monoisotopic (exact) mass is 492 g/mol. The van der Waals surface area contributed by atoms with Gasteiger partial charge >= 0.3 is 0 Å². The summed E-state index contributed by atoms with van der Waals surface area (Å²) in [7, 11) is 1.67. The summed E-state index contributed by atoms with van der Waals surface area (Å²) < 4.78 is 5.37. The number of aryl methyl sites for hydroxylation is 1. The van der Waals surface area contributed by atoms with Crippen molar-refractivity contribution < 1.29 is 19.5 Å². The zero-order valence-electron chi connectivity index (χ0n) is 20.2. The summed E-state index contributed by atoms with van der Waals surface area (Å²) in [6.45, 7) is 4.05. The molecule has 7 heteroatoms. The van der Waals surface area contributed by atoms with Crippen LogP contribution in [0, 0.1) is 18.8 Å². The molecule has 4 atom stereocenters. The Morgan fingerprint density at radius 1 is 1.17 bits per heavy atom. The molecule has 3 fully saturated rings. The van der Waals surface area contributed by atoms with Gasteiger partial charge in [0.05, 0.1) is 23.1 Å². The van der Waals surface area contributed by atoms with Crippen LogP contribution in [0.4, 0.5) is 0 Å². The Morgan fingerprint density at radius 2 is 2.00 bits per heavy atom. The topological polar surface area (TPSA) is 89.0 Å².